The molecule has 0 saturated carbocycles. The van der Waals surface area contributed by atoms with Gasteiger partial charge in [-0.25, -0.2) is 4.39 Å². The summed E-state index contributed by atoms with van der Waals surface area (Å²) in [4.78, 5) is 26.6. The van der Waals surface area contributed by atoms with Gasteiger partial charge in [0.1, 0.15) is 5.82 Å². The van der Waals surface area contributed by atoms with Crippen LogP contribution in [0.5, 0.6) is 0 Å². The van der Waals surface area contributed by atoms with Gasteiger partial charge in [-0.05, 0) is 36.6 Å². The summed E-state index contributed by atoms with van der Waals surface area (Å²) in [5.74, 6) is -0.844. The van der Waals surface area contributed by atoms with Gasteiger partial charge in [-0.2, -0.15) is 5.10 Å². The lowest BCUT2D eigenvalue weighted by Crippen LogP contribution is -2.26. The van der Waals surface area contributed by atoms with Crippen molar-refractivity contribution in [2.45, 2.75) is 12.8 Å². The second-order valence-electron chi connectivity index (χ2n) is 5.62. The Bertz CT molecular complexity index is 945. The summed E-state index contributed by atoms with van der Waals surface area (Å²) in [5, 5.41) is 7.25. The zero-order valence-corrected chi connectivity index (χ0v) is 13.2. The highest BCUT2D eigenvalue weighted by Crippen LogP contribution is 2.16. The quantitative estimate of drug-likeness (QED) is 0.701. The normalized spacial score (nSPS) is 10.9. The third kappa shape index (κ3) is 3.51. The van der Waals surface area contributed by atoms with Crippen LogP contribution in [0.3, 0.4) is 0 Å². The lowest BCUT2D eigenvalue weighted by atomic mass is 10.1. The van der Waals surface area contributed by atoms with E-state index in [9.17, 15) is 14.0 Å². The number of amides is 1. The molecule has 24 heavy (non-hydrogen) atoms. The zero-order valence-electron chi connectivity index (χ0n) is 13.2. The van der Waals surface area contributed by atoms with Crippen LogP contribution in [0.1, 0.15) is 22.3 Å². The van der Waals surface area contributed by atoms with E-state index < -0.39 is 11.4 Å². The van der Waals surface area contributed by atoms with Crippen molar-refractivity contribution >= 4 is 16.8 Å². The van der Waals surface area contributed by atoms with Gasteiger partial charge in [0.05, 0.1) is 11.8 Å². The topological polar surface area (TPSA) is 79.8 Å². The lowest BCUT2D eigenvalue weighted by molar-refractivity contribution is 0.0954. The van der Waals surface area contributed by atoms with E-state index in [4.69, 9.17) is 0 Å². The number of aryl methyl sites for hydroxylation is 2. The van der Waals surface area contributed by atoms with Gasteiger partial charge in [0.25, 0.3) is 5.91 Å². The van der Waals surface area contributed by atoms with Gasteiger partial charge in [-0.1, -0.05) is 0 Å². The third-order valence-electron chi connectivity index (χ3n) is 3.74. The molecule has 0 saturated heterocycles. The van der Waals surface area contributed by atoms with Crippen molar-refractivity contribution in [1.29, 1.82) is 0 Å². The van der Waals surface area contributed by atoms with Crippen LogP contribution in [0.25, 0.3) is 10.9 Å². The summed E-state index contributed by atoms with van der Waals surface area (Å²) < 4.78 is 15.2. The van der Waals surface area contributed by atoms with Crippen LogP contribution in [0, 0.1) is 5.82 Å². The molecule has 0 aliphatic carbocycles. The van der Waals surface area contributed by atoms with E-state index in [1.54, 1.807) is 10.9 Å². The Kier molecular flexibility index (Phi) is 4.41. The predicted octanol–water partition coefficient (Wildman–Crippen LogP) is 1.76. The molecule has 0 aliphatic rings. The molecule has 3 rings (SSSR count). The van der Waals surface area contributed by atoms with Crippen molar-refractivity contribution in [2.75, 3.05) is 6.54 Å². The van der Waals surface area contributed by atoms with E-state index in [1.165, 1.54) is 24.3 Å². The highest BCUT2D eigenvalue weighted by Gasteiger charge is 2.12. The number of aromatic nitrogens is 3. The molecule has 1 amide bonds. The molecule has 0 unspecified atom stereocenters. The van der Waals surface area contributed by atoms with Crippen molar-refractivity contribution in [3.63, 3.8) is 0 Å². The number of hydrogen-bond acceptors (Lipinski definition) is 3. The van der Waals surface area contributed by atoms with Crippen molar-refractivity contribution in [3.8, 4) is 0 Å². The largest absolute Gasteiger partial charge is 0.352 e. The Hall–Kier alpha value is -2.96. The summed E-state index contributed by atoms with van der Waals surface area (Å²) in [7, 11) is 1.85. The number of carbonyl (C=O) groups excluding carboxylic acids is 1. The number of benzene rings is 1. The summed E-state index contributed by atoms with van der Waals surface area (Å²) >= 11 is 0. The highest BCUT2D eigenvalue weighted by atomic mass is 19.1. The average Bonchev–Trinajstić information content (AvgIpc) is 2.96. The van der Waals surface area contributed by atoms with Crippen LogP contribution in [0.2, 0.25) is 0 Å². The number of halogens is 1. The van der Waals surface area contributed by atoms with Crippen molar-refractivity contribution < 1.29 is 9.18 Å². The number of pyridine rings is 1. The van der Waals surface area contributed by atoms with Crippen molar-refractivity contribution in [2.24, 2.45) is 7.05 Å². The molecule has 7 heteroatoms. The maximum Gasteiger partial charge on any atom is 0.252 e. The van der Waals surface area contributed by atoms with Crippen LogP contribution < -0.4 is 10.9 Å². The molecule has 124 valence electrons. The molecule has 0 aliphatic heterocycles. The van der Waals surface area contributed by atoms with Gasteiger partial charge in [-0.3, -0.25) is 14.3 Å². The molecule has 0 fully saturated rings. The fraction of sp³-hybridized carbons (Fsp3) is 0.235. The number of rotatable bonds is 5. The average molecular weight is 328 g/mol. The first-order valence-electron chi connectivity index (χ1n) is 7.61. The predicted molar refractivity (Wildman–Crippen MR) is 88.4 cm³/mol. The summed E-state index contributed by atoms with van der Waals surface area (Å²) in [6.07, 6.45) is 5.25. The summed E-state index contributed by atoms with van der Waals surface area (Å²) in [6, 6.07) is 5.13. The lowest BCUT2D eigenvalue weighted by Gasteiger charge is -2.08. The van der Waals surface area contributed by atoms with E-state index in [1.807, 2.05) is 13.2 Å². The van der Waals surface area contributed by atoms with Gasteiger partial charge in [-0.15, -0.1) is 0 Å². The Morgan fingerprint density at radius 2 is 2.21 bits per heavy atom. The highest BCUT2D eigenvalue weighted by molar-refractivity contribution is 6.05. The maximum absolute atomic E-state index is 13.4. The minimum Gasteiger partial charge on any atom is -0.352 e. The Balaban J connectivity index is 1.69. The van der Waals surface area contributed by atoms with E-state index in [-0.39, 0.29) is 11.5 Å². The molecular weight excluding hydrogens is 311 g/mol. The minimum atomic E-state index is -0.458. The first-order chi connectivity index (χ1) is 11.5. The van der Waals surface area contributed by atoms with E-state index >= 15 is 0 Å². The Morgan fingerprint density at radius 1 is 1.38 bits per heavy atom. The fourth-order valence-electron chi connectivity index (χ4n) is 2.60. The smallest absolute Gasteiger partial charge is 0.252 e. The second-order valence-corrected chi connectivity index (χ2v) is 5.62. The SMILES string of the molecule is Cn1cc(CCCNC(=O)c2cc(=O)[nH]c3ccc(F)cc23)cn1. The molecule has 6 nitrogen and oxygen atoms in total. The molecule has 0 spiro atoms. The van der Waals surface area contributed by atoms with Crippen molar-refractivity contribution in [3.05, 3.63) is 64.0 Å². The van der Waals surface area contributed by atoms with E-state index in [0.29, 0.717) is 17.4 Å². The number of aromatic amines is 1. The summed E-state index contributed by atoms with van der Waals surface area (Å²) in [5.41, 5.74) is 1.31. The molecule has 0 radical (unpaired) electrons. The first kappa shape index (κ1) is 15.9. The van der Waals surface area contributed by atoms with E-state index in [0.717, 1.165) is 18.4 Å². The number of H-pyrrole nitrogens is 1. The van der Waals surface area contributed by atoms with Gasteiger partial charge in [0.15, 0.2) is 0 Å². The number of carbonyl (C=O) groups is 1. The molecule has 0 bridgehead atoms. The van der Waals surface area contributed by atoms with E-state index in [2.05, 4.69) is 15.4 Å². The Morgan fingerprint density at radius 3 is 2.96 bits per heavy atom. The van der Waals surface area contributed by atoms with Crippen LogP contribution in [0.15, 0.2) is 41.5 Å². The van der Waals surface area contributed by atoms with Gasteiger partial charge in [0, 0.05) is 36.8 Å². The molecule has 2 N–H and O–H groups in total. The first-order valence-corrected chi connectivity index (χ1v) is 7.61. The molecule has 3 aromatic rings. The number of nitrogens with one attached hydrogen (secondary N) is 2. The molecule has 2 aromatic heterocycles. The Labute approximate surface area is 137 Å². The van der Waals surface area contributed by atoms with Crippen LogP contribution in [-0.4, -0.2) is 27.2 Å². The van der Waals surface area contributed by atoms with Crippen LogP contribution in [-0.2, 0) is 13.5 Å². The number of hydrogen-bond donors (Lipinski definition) is 2. The fourth-order valence-corrected chi connectivity index (χ4v) is 2.60. The number of nitrogens with zero attached hydrogens (tertiary/aromatic N) is 2. The molecule has 0 atom stereocenters. The second kappa shape index (κ2) is 6.66. The monoisotopic (exact) mass is 328 g/mol. The molecule has 1 aromatic carbocycles. The standard InChI is InChI=1S/C17H17FN4O2/c1-22-10-11(9-20-22)3-2-6-19-17(24)14-8-16(23)21-15-5-4-12(18)7-13(14)15/h4-5,7-10H,2-3,6H2,1H3,(H,19,24)(H,21,23). The third-order valence-corrected chi connectivity index (χ3v) is 3.74. The minimum absolute atomic E-state index is 0.176. The number of fused-ring (bicyclic) bond motifs is 1. The van der Waals surface area contributed by atoms with Crippen molar-refractivity contribution in [1.82, 2.24) is 20.1 Å². The zero-order chi connectivity index (χ0) is 17.1. The van der Waals surface area contributed by atoms with Gasteiger partial charge < -0.3 is 10.3 Å². The summed E-state index contributed by atoms with van der Waals surface area (Å²) in [6.45, 7) is 0.456. The maximum atomic E-state index is 13.4. The molecular formula is C17H17FN4O2. The molecule has 2 heterocycles. The van der Waals surface area contributed by atoms with Gasteiger partial charge in [0.2, 0.25) is 5.56 Å². The van der Waals surface area contributed by atoms with Crippen LogP contribution in [0.4, 0.5) is 4.39 Å². The van der Waals surface area contributed by atoms with Gasteiger partial charge >= 0.3 is 0 Å². The van der Waals surface area contributed by atoms with Crippen LogP contribution >= 0.6 is 0 Å².